The fraction of sp³-hybridized carbons (Fsp3) is 0.611. The maximum atomic E-state index is 12.1. The molecule has 2 aliphatic rings. The molecule has 1 aromatic rings. The molecule has 1 atom stereocenters. The molecular formula is C18H29Cl2N3O2. The second-order valence-electron chi connectivity index (χ2n) is 6.47. The van der Waals surface area contributed by atoms with Gasteiger partial charge in [-0.2, -0.15) is 0 Å². The zero-order chi connectivity index (χ0) is 15.9. The first-order valence-corrected chi connectivity index (χ1v) is 8.72. The van der Waals surface area contributed by atoms with Gasteiger partial charge in [-0.3, -0.25) is 4.79 Å². The van der Waals surface area contributed by atoms with Gasteiger partial charge in [-0.15, -0.1) is 24.8 Å². The number of rotatable bonds is 6. The molecule has 3 rings (SSSR count). The summed E-state index contributed by atoms with van der Waals surface area (Å²) in [5.74, 6) is 0.0396. The number of nitrogens with one attached hydrogen (secondary N) is 2. The Bertz CT molecular complexity index is 502. The summed E-state index contributed by atoms with van der Waals surface area (Å²) in [5, 5.41) is 6.27. The van der Waals surface area contributed by atoms with Crippen molar-refractivity contribution in [3.8, 4) is 0 Å². The zero-order valence-corrected chi connectivity index (χ0v) is 16.2. The number of amides is 1. The maximum Gasteiger partial charge on any atom is 0.226 e. The van der Waals surface area contributed by atoms with Crippen molar-refractivity contribution in [2.45, 2.75) is 31.7 Å². The standard InChI is InChI=1S/C18H27N3O2.2ClH/c22-18(13-17-14-23-12-8-19-17)20-16-5-3-15(4-6-16)7-11-21-9-1-2-10-21;;/h3-6,17,19H,1-2,7-14H2,(H,20,22);2*1H. The molecule has 7 heteroatoms. The first-order chi connectivity index (χ1) is 11.3. The van der Waals surface area contributed by atoms with Gasteiger partial charge in [-0.05, 0) is 50.0 Å². The molecule has 25 heavy (non-hydrogen) atoms. The van der Waals surface area contributed by atoms with E-state index < -0.39 is 0 Å². The van der Waals surface area contributed by atoms with Crippen LogP contribution in [0.25, 0.3) is 0 Å². The molecule has 0 saturated carbocycles. The molecule has 0 aromatic heterocycles. The van der Waals surface area contributed by atoms with Crippen LogP contribution in [0, 0.1) is 0 Å². The largest absolute Gasteiger partial charge is 0.378 e. The number of ether oxygens (including phenoxy) is 1. The van der Waals surface area contributed by atoms with Crippen molar-refractivity contribution in [1.29, 1.82) is 0 Å². The Morgan fingerprint density at radius 2 is 1.92 bits per heavy atom. The molecule has 142 valence electrons. The Kier molecular flexibility index (Phi) is 10.4. The average molecular weight is 390 g/mol. The third kappa shape index (κ3) is 7.50. The van der Waals surface area contributed by atoms with E-state index >= 15 is 0 Å². The van der Waals surface area contributed by atoms with Crippen LogP contribution in [0.1, 0.15) is 24.8 Å². The third-order valence-corrected chi connectivity index (χ3v) is 4.58. The lowest BCUT2D eigenvalue weighted by Gasteiger charge is -2.23. The Morgan fingerprint density at radius 3 is 2.56 bits per heavy atom. The van der Waals surface area contributed by atoms with Gasteiger partial charge in [-0.1, -0.05) is 12.1 Å². The summed E-state index contributed by atoms with van der Waals surface area (Å²) >= 11 is 0. The van der Waals surface area contributed by atoms with E-state index in [1.54, 1.807) is 0 Å². The molecule has 0 radical (unpaired) electrons. The number of hydrogen-bond acceptors (Lipinski definition) is 4. The molecule has 0 bridgehead atoms. The number of nitrogens with zero attached hydrogens (tertiary/aromatic N) is 1. The van der Waals surface area contributed by atoms with E-state index in [9.17, 15) is 4.79 Å². The van der Waals surface area contributed by atoms with Gasteiger partial charge in [0.05, 0.1) is 13.2 Å². The van der Waals surface area contributed by atoms with Crippen molar-refractivity contribution in [2.24, 2.45) is 0 Å². The summed E-state index contributed by atoms with van der Waals surface area (Å²) in [4.78, 5) is 14.6. The molecule has 2 aliphatic heterocycles. The van der Waals surface area contributed by atoms with Crippen molar-refractivity contribution >= 4 is 36.4 Å². The number of anilines is 1. The van der Waals surface area contributed by atoms with Gasteiger partial charge in [0, 0.05) is 31.2 Å². The number of carbonyl (C=O) groups excluding carboxylic acids is 1. The predicted octanol–water partition coefficient (Wildman–Crippen LogP) is 2.49. The van der Waals surface area contributed by atoms with E-state index in [2.05, 4.69) is 27.7 Å². The number of carbonyl (C=O) groups is 1. The van der Waals surface area contributed by atoms with Crippen LogP contribution < -0.4 is 10.6 Å². The zero-order valence-electron chi connectivity index (χ0n) is 14.5. The quantitative estimate of drug-likeness (QED) is 0.784. The number of benzene rings is 1. The van der Waals surface area contributed by atoms with Gasteiger partial charge in [0.25, 0.3) is 0 Å². The van der Waals surface area contributed by atoms with Crippen LogP contribution in [0.2, 0.25) is 0 Å². The van der Waals surface area contributed by atoms with Crippen LogP contribution >= 0.6 is 24.8 Å². The van der Waals surface area contributed by atoms with E-state index in [-0.39, 0.29) is 36.8 Å². The molecule has 1 amide bonds. The monoisotopic (exact) mass is 389 g/mol. The van der Waals surface area contributed by atoms with E-state index in [4.69, 9.17) is 4.74 Å². The van der Waals surface area contributed by atoms with Gasteiger partial charge in [0.1, 0.15) is 0 Å². The van der Waals surface area contributed by atoms with Gasteiger partial charge < -0.3 is 20.3 Å². The van der Waals surface area contributed by atoms with E-state index in [0.29, 0.717) is 13.0 Å². The Labute approximate surface area is 162 Å². The summed E-state index contributed by atoms with van der Waals surface area (Å²) in [7, 11) is 0. The Morgan fingerprint density at radius 1 is 1.20 bits per heavy atom. The van der Waals surface area contributed by atoms with Crippen molar-refractivity contribution in [3.63, 3.8) is 0 Å². The highest BCUT2D eigenvalue weighted by Crippen LogP contribution is 2.13. The van der Waals surface area contributed by atoms with Crippen LogP contribution in [-0.4, -0.2) is 56.2 Å². The lowest BCUT2D eigenvalue weighted by atomic mass is 10.1. The number of hydrogen-bond donors (Lipinski definition) is 2. The fourth-order valence-corrected chi connectivity index (χ4v) is 3.23. The number of likely N-dealkylation sites (tertiary alicyclic amines) is 1. The Hall–Kier alpha value is -0.850. The van der Waals surface area contributed by atoms with Crippen molar-refractivity contribution in [1.82, 2.24) is 10.2 Å². The van der Waals surface area contributed by atoms with E-state index in [1.165, 1.54) is 31.5 Å². The van der Waals surface area contributed by atoms with E-state index in [1.807, 2.05) is 12.1 Å². The van der Waals surface area contributed by atoms with Crippen molar-refractivity contribution in [2.75, 3.05) is 44.7 Å². The lowest BCUT2D eigenvalue weighted by molar-refractivity contribution is -0.117. The normalized spacial score (nSPS) is 20.4. The van der Waals surface area contributed by atoms with Crippen LogP contribution in [0.4, 0.5) is 5.69 Å². The molecule has 0 aliphatic carbocycles. The minimum Gasteiger partial charge on any atom is -0.378 e. The highest BCUT2D eigenvalue weighted by atomic mass is 35.5. The molecule has 1 unspecified atom stereocenters. The second-order valence-corrected chi connectivity index (χ2v) is 6.47. The van der Waals surface area contributed by atoms with Gasteiger partial charge >= 0.3 is 0 Å². The average Bonchev–Trinajstić information content (AvgIpc) is 3.08. The molecule has 0 spiro atoms. The summed E-state index contributed by atoms with van der Waals surface area (Å²) in [6.45, 7) is 5.79. The molecular weight excluding hydrogens is 361 g/mol. The van der Waals surface area contributed by atoms with E-state index in [0.717, 1.165) is 31.8 Å². The maximum absolute atomic E-state index is 12.1. The van der Waals surface area contributed by atoms with Gasteiger partial charge in [0.2, 0.25) is 5.91 Å². The van der Waals surface area contributed by atoms with Crippen molar-refractivity contribution < 1.29 is 9.53 Å². The SMILES string of the molecule is Cl.Cl.O=C(CC1COCCN1)Nc1ccc(CCN2CCCC2)cc1. The molecule has 5 nitrogen and oxygen atoms in total. The van der Waals surface area contributed by atoms with Gasteiger partial charge in [0.15, 0.2) is 0 Å². The number of morpholine rings is 1. The smallest absolute Gasteiger partial charge is 0.226 e. The summed E-state index contributed by atoms with van der Waals surface area (Å²) < 4.78 is 5.37. The van der Waals surface area contributed by atoms with Crippen LogP contribution in [0.5, 0.6) is 0 Å². The third-order valence-electron chi connectivity index (χ3n) is 4.58. The summed E-state index contributed by atoms with van der Waals surface area (Å²) in [6, 6.07) is 8.37. The first kappa shape index (κ1) is 22.2. The van der Waals surface area contributed by atoms with Crippen LogP contribution in [-0.2, 0) is 16.0 Å². The number of halogens is 2. The molecule has 1 aromatic carbocycles. The minimum absolute atomic E-state index is 0. The molecule has 2 saturated heterocycles. The topological polar surface area (TPSA) is 53.6 Å². The summed E-state index contributed by atoms with van der Waals surface area (Å²) in [6.07, 6.45) is 4.21. The van der Waals surface area contributed by atoms with Crippen LogP contribution in [0.3, 0.4) is 0 Å². The first-order valence-electron chi connectivity index (χ1n) is 8.72. The molecule has 2 heterocycles. The molecule has 2 N–H and O–H groups in total. The van der Waals surface area contributed by atoms with Crippen molar-refractivity contribution in [3.05, 3.63) is 29.8 Å². The predicted molar refractivity (Wildman–Crippen MR) is 106 cm³/mol. The van der Waals surface area contributed by atoms with Crippen LogP contribution in [0.15, 0.2) is 24.3 Å². The second kappa shape index (κ2) is 11.7. The van der Waals surface area contributed by atoms with Gasteiger partial charge in [-0.25, -0.2) is 0 Å². The Balaban J connectivity index is 0.00000156. The highest BCUT2D eigenvalue weighted by Gasteiger charge is 2.17. The highest BCUT2D eigenvalue weighted by molar-refractivity contribution is 5.91. The fourth-order valence-electron chi connectivity index (χ4n) is 3.23. The summed E-state index contributed by atoms with van der Waals surface area (Å²) in [5.41, 5.74) is 2.20. The minimum atomic E-state index is 0. The lowest BCUT2D eigenvalue weighted by Crippen LogP contribution is -2.43. The molecule has 2 fully saturated rings.